The van der Waals surface area contributed by atoms with E-state index in [1.54, 1.807) is 12.1 Å². The van der Waals surface area contributed by atoms with Gasteiger partial charge in [0, 0.05) is 5.69 Å². The van der Waals surface area contributed by atoms with Crippen LogP contribution in [0.3, 0.4) is 0 Å². The number of rotatable bonds is 5. The highest BCUT2D eigenvalue weighted by molar-refractivity contribution is 5.96. The number of nitrogens with two attached hydrogens (primary N) is 1. The Labute approximate surface area is 126 Å². The highest BCUT2D eigenvalue weighted by atomic mass is 19.1. The molecule has 6 heteroatoms. The Kier molecular flexibility index (Phi) is 4.73. The van der Waals surface area contributed by atoms with Gasteiger partial charge in [0.2, 0.25) is 0 Å². The minimum atomic E-state index is -0.898. The predicted octanol–water partition coefficient (Wildman–Crippen LogP) is 2.25. The average Bonchev–Trinajstić information content (AvgIpc) is 2.48. The Bertz CT molecular complexity index is 716. The maximum absolute atomic E-state index is 13.3. The van der Waals surface area contributed by atoms with E-state index in [0.717, 1.165) is 11.6 Å². The topological polar surface area (TPSA) is 81.4 Å². The summed E-state index contributed by atoms with van der Waals surface area (Å²) in [7, 11) is 0. The summed E-state index contributed by atoms with van der Waals surface area (Å²) in [5, 5.41) is 2.52. The van der Waals surface area contributed by atoms with E-state index in [1.807, 2.05) is 19.1 Å². The van der Waals surface area contributed by atoms with Crippen LogP contribution in [0.2, 0.25) is 0 Å². The third-order valence-electron chi connectivity index (χ3n) is 2.97. The van der Waals surface area contributed by atoms with Crippen molar-refractivity contribution in [3.8, 4) is 5.75 Å². The maximum Gasteiger partial charge on any atom is 0.262 e. The monoisotopic (exact) mass is 302 g/mol. The molecule has 0 atom stereocenters. The lowest BCUT2D eigenvalue weighted by atomic mass is 10.2. The molecule has 2 amide bonds. The van der Waals surface area contributed by atoms with E-state index in [1.165, 1.54) is 12.1 Å². The number of nitrogens with one attached hydrogen (secondary N) is 1. The molecule has 0 unspecified atom stereocenters. The standard InChI is InChI=1S/C16H15FN2O3/c1-10-4-2-3-5-14(10)22-9-15(20)19-11-6-7-13(17)12(8-11)16(18)21/h2-8H,9H2,1H3,(H2,18,21)(H,19,20). The number of benzene rings is 2. The first-order chi connectivity index (χ1) is 10.5. The number of aryl methyl sites for hydroxylation is 1. The molecule has 0 radical (unpaired) electrons. The summed E-state index contributed by atoms with van der Waals surface area (Å²) in [6, 6.07) is 10.9. The van der Waals surface area contributed by atoms with Gasteiger partial charge in [0.15, 0.2) is 6.61 Å². The lowest BCUT2D eigenvalue weighted by Crippen LogP contribution is -2.21. The lowest BCUT2D eigenvalue weighted by Gasteiger charge is -2.10. The van der Waals surface area contributed by atoms with Gasteiger partial charge in [0.25, 0.3) is 11.8 Å². The molecule has 3 N–H and O–H groups in total. The van der Waals surface area contributed by atoms with Gasteiger partial charge in [-0.3, -0.25) is 9.59 Å². The molecule has 0 aliphatic heterocycles. The fraction of sp³-hybridized carbons (Fsp3) is 0.125. The molecule has 0 bridgehead atoms. The van der Waals surface area contributed by atoms with Gasteiger partial charge in [-0.25, -0.2) is 4.39 Å². The molecule has 0 fully saturated rings. The van der Waals surface area contributed by atoms with Gasteiger partial charge in [0.1, 0.15) is 11.6 Å². The summed E-state index contributed by atoms with van der Waals surface area (Å²) in [6.07, 6.45) is 0. The molecule has 0 spiro atoms. The highest BCUT2D eigenvalue weighted by Crippen LogP contribution is 2.17. The maximum atomic E-state index is 13.3. The smallest absolute Gasteiger partial charge is 0.262 e. The molecule has 0 aromatic heterocycles. The van der Waals surface area contributed by atoms with Gasteiger partial charge >= 0.3 is 0 Å². The first-order valence-electron chi connectivity index (χ1n) is 6.55. The second-order valence-electron chi connectivity index (χ2n) is 4.66. The van der Waals surface area contributed by atoms with Crippen molar-refractivity contribution < 1.29 is 18.7 Å². The fourth-order valence-electron chi connectivity index (χ4n) is 1.85. The summed E-state index contributed by atoms with van der Waals surface area (Å²) in [5.41, 5.74) is 5.95. The number of hydrogen-bond acceptors (Lipinski definition) is 3. The van der Waals surface area contributed by atoms with Crippen molar-refractivity contribution in [2.45, 2.75) is 6.92 Å². The van der Waals surface area contributed by atoms with Crippen LogP contribution in [-0.2, 0) is 4.79 Å². The van der Waals surface area contributed by atoms with Gasteiger partial charge in [-0.05, 0) is 36.8 Å². The number of para-hydroxylation sites is 1. The van der Waals surface area contributed by atoms with Crippen molar-refractivity contribution in [1.82, 2.24) is 0 Å². The quantitative estimate of drug-likeness (QED) is 0.888. The summed E-state index contributed by atoms with van der Waals surface area (Å²) in [6.45, 7) is 1.67. The highest BCUT2D eigenvalue weighted by Gasteiger charge is 2.11. The van der Waals surface area contributed by atoms with E-state index in [-0.39, 0.29) is 17.9 Å². The van der Waals surface area contributed by atoms with E-state index >= 15 is 0 Å². The van der Waals surface area contributed by atoms with Crippen molar-refractivity contribution in [1.29, 1.82) is 0 Å². The molecule has 0 saturated heterocycles. The normalized spacial score (nSPS) is 10.1. The molecule has 0 aliphatic carbocycles. The SMILES string of the molecule is Cc1ccccc1OCC(=O)Nc1ccc(F)c(C(N)=O)c1. The molecule has 2 rings (SSSR count). The number of hydrogen-bond donors (Lipinski definition) is 2. The molecule has 0 aliphatic rings. The zero-order valence-electron chi connectivity index (χ0n) is 11.9. The van der Waals surface area contributed by atoms with Gasteiger partial charge < -0.3 is 15.8 Å². The summed E-state index contributed by atoms with van der Waals surface area (Å²) >= 11 is 0. The Morgan fingerprint density at radius 1 is 1.23 bits per heavy atom. The van der Waals surface area contributed by atoms with Crippen molar-refractivity contribution in [3.05, 3.63) is 59.4 Å². The Balaban J connectivity index is 1.99. The van der Waals surface area contributed by atoms with Crippen molar-refractivity contribution in [2.75, 3.05) is 11.9 Å². The molecule has 22 heavy (non-hydrogen) atoms. The third-order valence-corrected chi connectivity index (χ3v) is 2.97. The molecule has 0 heterocycles. The van der Waals surface area contributed by atoms with Crippen molar-refractivity contribution in [3.63, 3.8) is 0 Å². The van der Waals surface area contributed by atoms with E-state index < -0.39 is 17.6 Å². The second kappa shape index (κ2) is 6.71. The number of carbonyl (C=O) groups is 2. The molecule has 0 saturated carbocycles. The van der Waals surface area contributed by atoms with Crippen LogP contribution in [0.15, 0.2) is 42.5 Å². The molecule has 114 valence electrons. The molecular weight excluding hydrogens is 287 g/mol. The van der Waals surface area contributed by atoms with Gasteiger partial charge in [-0.15, -0.1) is 0 Å². The van der Waals surface area contributed by atoms with Gasteiger partial charge in [-0.2, -0.15) is 0 Å². The van der Waals surface area contributed by atoms with Crippen LogP contribution in [0.5, 0.6) is 5.75 Å². The molecular formula is C16H15FN2O3. The number of halogens is 1. The third kappa shape index (κ3) is 3.82. The summed E-state index contributed by atoms with van der Waals surface area (Å²) < 4.78 is 18.7. The molecule has 2 aromatic rings. The largest absolute Gasteiger partial charge is 0.483 e. The first kappa shape index (κ1) is 15.5. The summed E-state index contributed by atoms with van der Waals surface area (Å²) in [5.74, 6) is -1.45. The number of anilines is 1. The van der Waals surface area contributed by atoms with E-state index in [2.05, 4.69) is 5.32 Å². The van der Waals surface area contributed by atoms with Crippen LogP contribution < -0.4 is 15.8 Å². The number of amides is 2. The van der Waals surface area contributed by atoms with E-state index in [9.17, 15) is 14.0 Å². The van der Waals surface area contributed by atoms with Crippen molar-refractivity contribution in [2.24, 2.45) is 5.73 Å². The lowest BCUT2D eigenvalue weighted by molar-refractivity contribution is -0.118. The Hall–Kier alpha value is -2.89. The zero-order chi connectivity index (χ0) is 16.1. The Morgan fingerprint density at radius 3 is 2.64 bits per heavy atom. The van der Waals surface area contributed by atoms with E-state index in [0.29, 0.717) is 5.75 Å². The second-order valence-corrected chi connectivity index (χ2v) is 4.66. The van der Waals surface area contributed by atoms with Crippen LogP contribution in [0, 0.1) is 12.7 Å². The molecule has 2 aromatic carbocycles. The molecule has 5 nitrogen and oxygen atoms in total. The van der Waals surface area contributed by atoms with Crippen LogP contribution in [-0.4, -0.2) is 18.4 Å². The summed E-state index contributed by atoms with van der Waals surface area (Å²) in [4.78, 5) is 22.9. The number of carbonyl (C=O) groups excluding carboxylic acids is 2. The minimum Gasteiger partial charge on any atom is -0.483 e. The van der Waals surface area contributed by atoms with E-state index in [4.69, 9.17) is 10.5 Å². The average molecular weight is 302 g/mol. The zero-order valence-corrected chi connectivity index (χ0v) is 11.9. The predicted molar refractivity (Wildman–Crippen MR) is 80.2 cm³/mol. The number of primary amides is 1. The van der Waals surface area contributed by atoms with Gasteiger partial charge in [-0.1, -0.05) is 18.2 Å². The van der Waals surface area contributed by atoms with Crippen LogP contribution >= 0.6 is 0 Å². The van der Waals surface area contributed by atoms with Crippen LogP contribution in [0.1, 0.15) is 15.9 Å². The first-order valence-corrected chi connectivity index (χ1v) is 6.55. The van der Waals surface area contributed by atoms with Gasteiger partial charge in [0.05, 0.1) is 5.56 Å². The fourth-order valence-corrected chi connectivity index (χ4v) is 1.85. The number of ether oxygens (including phenoxy) is 1. The van der Waals surface area contributed by atoms with Crippen LogP contribution in [0.25, 0.3) is 0 Å². The van der Waals surface area contributed by atoms with Crippen LogP contribution in [0.4, 0.5) is 10.1 Å². The van der Waals surface area contributed by atoms with Crippen molar-refractivity contribution >= 4 is 17.5 Å². The Morgan fingerprint density at radius 2 is 1.95 bits per heavy atom. The minimum absolute atomic E-state index is 0.200.